The molecular formula is C46H47ClN10O8S. The lowest BCUT2D eigenvalue weighted by molar-refractivity contribution is -0.137. The second-order valence-corrected chi connectivity index (χ2v) is 17.5. The number of thiophene rings is 1. The lowest BCUT2D eigenvalue weighted by Crippen LogP contribution is -2.52. The summed E-state index contributed by atoms with van der Waals surface area (Å²) >= 11 is 7.88. The fourth-order valence-corrected chi connectivity index (χ4v) is 9.46. The summed E-state index contributed by atoms with van der Waals surface area (Å²) in [5.74, 6) is 0.270. The first-order valence-electron chi connectivity index (χ1n) is 21.3. The van der Waals surface area contributed by atoms with Crippen molar-refractivity contribution in [3.8, 4) is 22.2 Å². The molecule has 18 nitrogen and oxygen atoms in total. The SMILES string of the molecule is COc1cc(/N=N/c2cccc3c2CN(C2CCC(=O)NC2=O)C3=O)cc(OC)c1OCC(=O)NCCCCNC(=O)CC1N=C(c2ccc(Cl)cc2)c2c(sc(C)c2C)-n2c(C)nnc21. The van der Waals surface area contributed by atoms with Crippen molar-refractivity contribution in [2.75, 3.05) is 33.9 Å². The molecule has 2 atom stereocenters. The van der Waals surface area contributed by atoms with E-state index in [9.17, 15) is 24.0 Å². The van der Waals surface area contributed by atoms with Crippen molar-refractivity contribution in [2.24, 2.45) is 15.2 Å². The number of hydrogen-bond donors (Lipinski definition) is 3. The molecule has 0 saturated carbocycles. The quantitative estimate of drug-likeness (QED) is 0.0556. The Balaban J connectivity index is 0.826. The number of piperidine rings is 1. The van der Waals surface area contributed by atoms with Crippen LogP contribution in [0.4, 0.5) is 11.4 Å². The number of methoxy groups -OCH3 is 2. The van der Waals surface area contributed by atoms with E-state index in [4.69, 9.17) is 30.8 Å². The number of unbranched alkanes of at least 4 members (excludes halogenated alkanes) is 1. The van der Waals surface area contributed by atoms with Gasteiger partial charge in [0.25, 0.3) is 11.8 Å². The number of azo groups is 1. The molecule has 8 rings (SSSR count). The molecule has 3 aliphatic rings. The van der Waals surface area contributed by atoms with E-state index in [0.29, 0.717) is 65.1 Å². The minimum Gasteiger partial charge on any atom is -0.493 e. The molecule has 2 unspecified atom stereocenters. The van der Waals surface area contributed by atoms with Gasteiger partial charge in [0, 0.05) is 70.3 Å². The van der Waals surface area contributed by atoms with Crippen molar-refractivity contribution in [1.29, 1.82) is 0 Å². The maximum absolute atomic E-state index is 13.4. The molecule has 0 bridgehead atoms. The Kier molecular flexibility index (Phi) is 13.6. The van der Waals surface area contributed by atoms with E-state index in [1.165, 1.54) is 19.1 Å². The monoisotopic (exact) mass is 934 g/mol. The predicted molar refractivity (Wildman–Crippen MR) is 245 cm³/mol. The van der Waals surface area contributed by atoms with Gasteiger partial charge in [0.15, 0.2) is 23.9 Å². The van der Waals surface area contributed by atoms with Crippen LogP contribution in [-0.2, 0) is 25.7 Å². The molecule has 3 aliphatic heterocycles. The number of benzene rings is 3. The molecule has 0 spiro atoms. The number of ether oxygens (including phenoxy) is 3. The zero-order chi connectivity index (χ0) is 46.6. The van der Waals surface area contributed by atoms with Crippen molar-refractivity contribution in [3.05, 3.63) is 104 Å². The summed E-state index contributed by atoms with van der Waals surface area (Å²) in [5.41, 5.74) is 5.57. The number of fused-ring (bicyclic) bond motifs is 4. The van der Waals surface area contributed by atoms with E-state index in [1.807, 2.05) is 35.8 Å². The molecule has 0 aliphatic carbocycles. The third kappa shape index (κ3) is 9.39. The Morgan fingerprint density at radius 3 is 2.35 bits per heavy atom. The number of carbonyl (C=O) groups excluding carboxylic acids is 5. The lowest BCUT2D eigenvalue weighted by Gasteiger charge is -2.29. The van der Waals surface area contributed by atoms with Gasteiger partial charge in [-0.05, 0) is 69.9 Å². The molecule has 5 amide bonds. The van der Waals surface area contributed by atoms with Crippen LogP contribution in [0.25, 0.3) is 5.00 Å². The smallest absolute Gasteiger partial charge is 0.257 e. The van der Waals surface area contributed by atoms with Gasteiger partial charge < -0.3 is 29.7 Å². The Morgan fingerprint density at radius 1 is 0.939 bits per heavy atom. The zero-order valence-corrected chi connectivity index (χ0v) is 38.5. The third-order valence-corrected chi connectivity index (χ3v) is 13.1. The van der Waals surface area contributed by atoms with E-state index < -0.39 is 18.0 Å². The van der Waals surface area contributed by atoms with E-state index in [0.717, 1.165) is 32.3 Å². The average Bonchev–Trinajstić information content (AvgIpc) is 3.92. The van der Waals surface area contributed by atoms with Gasteiger partial charge in [-0.25, -0.2) is 0 Å². The summed E-state index contributed by atoms with van der Waals surface area (Å²) in [7, 11) is 2.88. The molecular weight excluding hydrogens is 888 g/mol. The third-order valence-electron chi connectivity index (χ3n) is 11.6. The number of rotatable bonds is 16. The van der Waals surface area contributed by atoms with Gasteiger partial charge in [0.1, 0.15) is 22.9 Å². The van der Waals surface area contributed by atoms with Crippen LogP contribution in [0.2, 0.25) is 5.02 Å². The molecule has 66 heavy (non-hydrogen) atoms. The van der Waals surface area contributed by atoms with Gasteiger partial charge in [0.05, 0.1) is 37.7 Å². The molecule has 5 aromatic rings. The highest BCUT2D eigenvalue weighted by molar-refractivity contribution is 7.15. The van der Waals surface area contributed by atoms with Crippen LogP contribution in [0, 0.1) is 20.8 Å². The van der Waals surface area contributed by atoms with Gasteiger partial charge in [-0.3, -0.25) is 38.8 Å². The topological polar surface area (TPSA) is 220 Å². The van der Waals surface area contributed by atoms with Crippen molar-refractivity contribution in [1.82, 2.24) is 35.6 Å². The summed E-state index contributed by atoms with van der Waals surface area (Å²) in [6.07, 6.45) is 1.67. The molecule has 342 valence electrons. The molecule has 0 radical (unpaired) electrons. The molecule has 5 heterocycles. The number of imide groups is 1. The lowest BCUT2D eigenvalue weighted by atomic mass is 9.99. The van der Waals surface area contributed by atoms with Crippen LogP contribution in [0.15, 0.2) is 69.8 Å². The Morgan fingerprint density at radius 2 is 1.65 bits per heavy atom. The van der Waals surface area contributed by atoms with E-state index in [1.54, 1.807) is 41.7 Å². The first-order chi connectivity index (χ1) is 31.8. The zero-order valence-electron chi connectivity index (χ0n) is 36.9. The van der Waals surface area contributed by atoms with Crippen molar-refractivity contribution in [2.45, 2.75) is 71.5 Å². The highest BCUT2D eigenvalue weighted by Gasteiger charge is 2.40. The second-order valence-electron chi connectivity index (χ2n) is 15.9. The minimum absolute atomic E-state index is 0.0665. The number of carbonyl (C=O) groups is 5. The molecule has 1 saturated heterocycles. The van der Waals surface area contributed by atoms with Gasteiger partial charge in [-0.15, -0.1) is 21.5 Å². The summed E-state index contributed by atoms with van der Waals surface area (Å²) in [4.78, 5) is 71.4. The van der Waals surface area contributed by atoms with Crippen LogP contribution in [0.3, 0.4) is 0 Å². The number of nitrogens with one attached hydrogen (secondary N) is 3. The number of nitrogens with zero attached hydrogens (tertiary/aromatic N) is 7. The Bertz CT molecular complexity index is 2780. The van der Waals surface area contributed by atoms with Crippen molar-refractivity contribution >= 4 is 69.6 Å². The fourth-order valence-electron chi connectivity index (χ4n) is 8.12. The number of aromatic nitrogens is 3. The number of aliphatic imine (C=N–C) groups is 1. The first kappa shape index (κ1) is 45.6. The maximum Gasteiger partial charge on any atom is 0.257 e. The number of aryl methyl sites for hydroxylation is 2. The largest absolute Gasteiger partial charge is 0.493 e. The Labute approximate surface area is 388 Å². The summed E-state index contributed by atoms with van der Waals surface area (Å²) in [6, 6.07) is 14.4. The van der Waals surface area contributed by atoms with E-state index in [2.05, 4.69) is 50.2 Å². The standard InChI is InChI=1S/C46H47ClN10O8S/c1-24-25(2)66-46-40(24)41(27-11-13-28(47)14-12-27)50-33(43-55-52-26(3)57(43)46)21-38(59)48-17-6-7-18-49-39(60)23-65-42-35(63-4)19-29(20-36(42)64-5)53-54-32-10-8-9-30-31(32)22-56(45(30)62)34-15-16-37(58)51-44(34)61/h8-14,19-20,33-34H,6-7,15-18,21-23H2,1-5H3,(H,48,59)(H,49,60)(H,51,58,61)/b54-53+. The van der Waals surface area contributed by atoms with Crippen LogP contribution in [-0.4, -0.2) is 94.9 Å². The van der Waals surface area contributed by atoms with Crippen molar-refractivity contribution < 1.29 is 38.2 Å². The highest BCUT2D eigenvalue weighted by Crippen LogP contribution is 2.43. The van der Waals surface area contributed by atoms with Crippen LogP contribution in [0.5, 0.6) is 17.2 Å². The van der Waals surface area contributed by atoms with Gasteiger partial charge in [-0.2, -0.15) is 10.2 Å². The van der Waals surface area contributed by atoms with Crippen LogP contribution >= 0.6 is 22.9 Å². The molecule has 20 heteroatoms. The van der Waals surface area contributed by atoms with Gasteiger partial charge in [-0.1, -0.05) is 29.8 Å². The minimum atomic E-state index is -0.758. The number of halogens is 1. The highest BCUT2D eigenvalue weighted by atomic mass is 35.5. The van der Waals surface area contributed by atoms with E-state index >= 15 is 0 Å². The maximum atomic E-state index is 13.4. The number of hydrogen-bond acceptors (Lipinski definition) is 14. The molecule has 3 N–H and O–H groups in total. The van der Waals surface area contributed by atoms with E-state index in [-0.39, 0.29) is 73.3 Å². The molecule has 2 aromatic heterocycles. The average molecular weight is 935 g/mol. The first-order valence-corrected chi connectivity index (χ1v) is 22.5. The summed E-state index contributed by atoms with van der Waals surface area (Å²) in [6.45, 7) is 6.62. The molecule has 1 fully saturated rings. The normalized spacial score (nSPS) is 16.5. The van der Waals surface area contributed by atoms with Gasteiger partial charge >= 0.3 is 0 Å². The van der Waals surface area contributed by atoms with Crippen LogP contribution < -0.4 is 30.2 Å². The second kappa shape index (κ2) is 19.6. The summed E-state index contributed by atoms with van der Waals surface area (Å²) in [5, 5.41) is 27.4. The van der Waals surface area contributed by atoms with Gasteiger partial charge in [0.2, 0.25) is 23.5 Å². The predicted octanol–water partition coefficient (Wildman–Crippen LogP) is 6.47. The Hall–Kier alpha value is -6.99. The van der Waals surface area contributed by atoms with Crippen molar-refractivity contribution in [3.63, 3.8) is 0 Å². The fraction of sp³-hybridized carbons (Fsp3) is 0.348. The molecule has 3 aromatic carbocycles. The van der Waals surface area contributed by atoms with Crippen LogP contribution in [0.1, 0.15) is 87.3 Å². The summed E-state index contributed by atoms with van der Waals surface area (Å²) < 4.78 is 19.0. The number of amides is 5.